The van der Waals surface area contributed by atoms with E-state index < -0.39 is 5.60 Å². The van der Waals surface area contributed by atoms with Crippen molar-refractivity contribution in [1.82, 2.24) is 15.5 Å². The summed E-state index contributed by atoms with van der Waals surface area (Å²) in [7, 11) is 0. The highest BCUT2D eigenvalue weighted by molar-refractivity contribution is 5.76. The van der Waals surface area contributed by atoms with Gasteiger partial charge in [-0.05, 0) is 33.6 Å². The lowest BCUT2D eigenvalue weighted by atomic mass is 9.87. The minimum atomic E-state index is -0.467. The van der Waals surface area contributed by atoms with Crippen LogP contribution in [0.3, 0.4) is 0 Å². The molecule has 1 aliphatic heterocycles. The van der Waals surface area contributed by atoms with Crippen molar-refractivity contribution >= 4 is 12.0 Å². The van der Waals surface area contributed by atoms with Crippen molar-refractivity contribution in [2.75, 3.05) is 32.8 Å². The van der Waals surface area contributed by atoms with Gasteiger partial charge in [-0.2, -0.15) is 0 Å². The molecule has 1 aliphatic carbocycles. The number of amides is 2. The van der Waals surface area contributed by atoms with Crippen LogP contribution in [0.4, 0.5) is 4.79 Å². The molecule has 0 radical (unpaired) electrons. The van der Waals surface area contributed by atoms with Crippen molar-refractivity contribution in [3.8, 4) is 0 Å². The van der Waals surface area contributed by atoms with Gasteiger partial charge in [0.25, 0.3) is 0 Å². The number of rotatable bonds is 5. The molecule has 2 amide bonds. The van der Waals surface area contributed by atoms with E-state index in [4.69, 9.17) is 9.47 Å². The fourth-order valence-corrected chi connectivity index (χ4v) is 2.73. The molecule has 1 saturated heterocycles. The van der Waals surface area contributed by atoms with Gasteiger partial charge >= 0.3 is 6.09 Å². The summed E-state index contributed by atoms with van der Waals surface area (Å²) in [5, 5.41) is 6.23. The van der Waals surface area contributed by atoms with Gasteiger partial charge in [0.15, 0.2) is 0 Å². The second kappa shape index (κ2) is 7.97. The van der Waals surface area contributed by atoms with Crippen molar-refractivity contribution in [1.29, 1.82) is 0 Å². The first-order chi connectivity index (χ1) is 10.8. The number of hydrogen-bond donors (Lipinski definition) is 2. The zero-order chi connectivity index (χ0) is 16.9. The fraction of sp³-hybridized carbons (Fsp3) is 0.875. The number of hydrogen-bond acceptors (Lipinski definition) is 5. The van der Waals surface area contributed by atoms with Crippen LogP contribution in [0.15, 0.2) is 0 Å². The van der Waals surface area contributed by atoms with Crippen LogP contribution in [0.25, 0.3) is 0 Å². The van der Waals surface area contributed by atoms with Crippen LogP contribution in [0.2, 0.25) is 0 Å². The third-order valence-electron chi connectivity index (χ3n) is 3.99. The van der Waals surface area contributed by atoms with E-state index in [-0.39, 0.29) is 18.0 Å². The molecule has 0 aromatic carbocycles. The number of alkyl carbamates (subject to hydrolysis) is 1. The van der Waals surface area contributed by atoms with Crippen LogP contribution in [-0.2, 0) is 14.3 Å². The van der Waals surface area contributed by atoms with Gasteiger partial charge in [-0.1, -0.05) is 0 Å². The molecule has 2 rings (SSSR count). The van der Waals surface area contributed by atoms with Gasteiger partial charge in [-0.3, -0.25) is 4.79 Å². The molecule has 0 unspecified atom stereocenters. The maximum absolute atomic E-state index is 12.0. The van der Waals surface area contributed by atoms with Gasteiger partial charge in [0.1, 0.15) is 5.60 Å². The van der Waals surface area contributed by atoms with Crippen LogP contribution >= 0.6 is 0 Å². The molecule has 0 spiro atoms. The zero-order valence-corrected chi connectivity index (χ0v) is 14.4. The molecule has 0 atom stereocenters. The standard InChI is InChI=1S/C16H29N3O4/c1-16(2,3)23-15(21)18-13-10-12(11-13)17-5-4-14(20)19-6-8-22-9-7-19/h12-13,17H,4-11H2,1-3H3,(H,18,21). The summed E-state index contributed by atoms with van der Waals surface area (Å²) in [6.07, 6.45) is 1.92. The van der Waals surface area contributed by atoms with E-state index in [1.807, 2.05) is 25.7 Å². The summed E-state index contributed by atoms with van der Waals surface area (Å²) >= 11 is 0. The topological polar surface area (TPSA) is 79.9 Å². The first-order valence-electron chi connectivity index (χ1n) is 8.42. The summed E-state index contributed by atoms with van der Waals surface area (Å²) in [5.74, 6) is 0.184. The molecule has 7 nitrogen and oxygen atoms in total. The van der Waals surface area contributed by atoms with E-state index in [0.717, 1.165) is 12.8 Å². The molecule has 0 bridgehead atoms. The van der Waals surface area contributed by atoms with Crippen LogP contribution in [0.1, 0.15) is 40.0 Å². The quantitative estimate of drug-likeness (QED) is 0.784. The first-order valence-corrected chi connectivity index (χ1v) is 8.42. The van der Waals surface area contributed by atoms with E-state index in [0.29, 0.717) is 45.3 Å². The minimum Gasteiger partial charge on any atom is -0.444 e. The molecular formula is C16H29N3O4. The Morgan fingerprint density at radius 1 is 1.17 bits per heavy atom. The number of ether oxygens (including phenoxy) is 2. The molecule has 0 aromatic rings. The van der Waals surface area contributed by atoms with Crippen molar-refractivity contribution in [2.24, 2.45) is 0 Å². The number of morpholine rings is 1. The van der Waals surface area contributed by atoms with Gasteiger partial charge in [0.05, 0.1) is 13.2 Å². The summed E-state index contributed by atoms with van der Waals surface area (Å²) in [4.78, 5) is 25.5. The maximum Gasteiger partial charge on any atom is 0.407 e. The highest BCUT2D eigenvalue weighted by Crippen LogP contribution is 2.20. The molecule has 0 aromatic heterocycles. The van der Waals surface area contributed by atoms with Gasteiger partial charge in [0.2, 0.25) is 5.91 Å². The molecule has 1 heterocycles. The van der Waals surface area contributed by atoms with Gasteiger partial charge in [-0.25, -0.2) is 4.79 Å². The minimum absolute atomic E-state index is 0.164. The van der Waals surface area contributed by atoms with E-state index in [1.54, 1.807) is 0 Å². The Hall–Kier alpha value is -1.34. The van der Waals surface area contributed by atoms with Crippen molar-refractivity contribution in [2.45, 2.75) is 57.7 Å². The monoisotopic (exact) mass is 327 g/mol. The lowest BCUT2D eigenvalue weighted by Gasteiger charge is -2.37. The number of carbonyl (C=O) groups excluding carboxylic acids is 2. The zero-order valence-electron chi connectivity index (χ0n) is 14.4. The normalized spacial score (nSPS) is 24.7. The van der Waals surface area contributed by atoms with Crippen LogP contribution in [0.5, 0.6) is 0 Å². The number of nitrogens with zero attached hydrogens (tertiary/aromatic N) is 1. The van der Waals surface area contributed by atoms with Crippen LogP contribution in [-0.4, -0.2) is 67.4 Å². The molecule has 7 heteroatoms. The Morgan fingerprint density at radius 2 is 1.83 bits per heavy atom. The highest BCUT2D eigenvalue weighted by Gasteiger charge is 2.31. The highest BCUT2D eigenvalue weighted by atomic mass is 16.6. The Kier molecular flexibility index (Phi) is 6.24. The first kappa shape index (κ1) is 18.0. The van der Waals surface area contributed by atoms with E-state index in [2.05, 4.69) is 10.6 Å². The predicted molar refractivity (Wildman–Crippen MR) is 86.2 cm³/mol. The molecule has 2 fully saturated rings. The lowest BCUT2D eigenvalue weighted by molar-refractivity contribution is -0.135. The molecule has 23 heavy (non-hydrogen) atoms. The Bertz CT molecular complexity index is 410. The Morgan fingerprint density at radius 3 is 2.43 bits per heavy atom. The molecule has 1 saturated carbocycles. The third kappa shape index (κ3) is 6.35. The van der Waals surface area contributed by atoms with E-state index in [9.17, 15) is 9.59 Å². The summed E-state index contributed by atoms with van der Waals surface area (Å²) in [6.45, 7) is 8.91. The second-order valence-corrected chi connectivity index (χ2v) is 7.21. The SMILES string of the molecule is CC(C)(C)OC(=O)NC1CC(NCCC(=O)N2CCOCC2)C1. The van der Waals surface area contributed by atoms with Gasteiger partial charge in [0, 0.05) is 38.1 Å². The Labute approximate surface area is 138 Å². The van der Waals surface area contributed by atoms with Gasteiger partial charge < -0.3 is 25.0 Å². The molecule has 132 valence electrons. The molecule has 2 N–H and O–H groups in total. The molecule has 2 aliphatic rings. The van der Waals surface area contributed by atoms with Crippen LogP contribution in [0, 0.1) is 0 Å². The average Bonchev–Trinajstić information content (AvgIpc) is 2.43. The second-order valence-electron chi connectivity index (χ2n) is 7.21. The number of carbonyl (C=O) groups is 2. The fourth-order valence-electron chi connectivity index (χ4n) is 2.73. The predicted octanol–water partition coefficient (Wildman–Crippen LogP) is 0.881. The average molecular weight is 327 g/mol. The lowest BCUT2D eigenvalue weighted by Crippen LogP contribution is -2.53. The Balaban J connectivity index is 1.52. The smallest absolute Gasteiger partial charge is 0.407 e. The maximum atomic E-state index is 12.0. The van der Waals surface area contributed by atoms with Crippen molar-refractivity contribution < 1.29 is 19.1 Å². The largest absolute Gasteiger partial charge is 0.444 e. The van der Waals surface area contributed by atoms with Crippen LogP contribution < -0.4 is 10.6 Å². The van der Waals surface area contributed by atoms with E-state index >= 15 is 0 Å². The van der Waals surface area contributed by atoms with Gasteiger partial charge in [-0.15, -0.1) is 0 Å². The third-order valence-corrected chi connectivity index (χ3v) is 3.99. The summed E-state index contributed by atoms with van der Waals surface area (Å²) in [6, 6.07) is 0.532. The van der Waals surface area contributed by atoms with Crippen molar-refractivity contribution in [3.05, 3.63) is 0 Å². The molecular weight excluding hydrogens is 298 g/mol. The van der Waals surface area contributed by atoms with Crippen molar-refractivity contribution in [3.63, 3.8) is 0 Å². The summed E-state index contributed by atoms with van der Waals surface area (Å²) in [5.41, 5.74) is -0.467. The number of nitrogens with one attached hydrogen (secondary N) is 2. The summed E-state index contributed by atoms with van der Waals surface area (Å²) < 4.78 is 10.5. The van der Waals surface area contributed by atoms with E-state index in [1.165, 1.54) is 0 Å².